The predicted molar refractivity (Wildman–Crippen MR) is 111 cm³/mol. The number of ether oxygens (including phenoxy) is 4. The molecule has 0 unspecified atom stereocenters. The molecule has 1 N–H and O–H groups in total. The third-order valence-corrected chi connectivity index (χ3v) is 4.32. The number of carboxylic acids is 1. The smallest absolute Gasteiger partial charge is 0.333 e. The van der Waals surface area contributed by atoms with Crippen molar-refractivity contribution in [3.63, 3.8) is 0 Å². The van der Waals surface area contributed by atoms with Crippen LogP contribution < -0.4 is 14.2 Å². The molecule has 6 heteroatoms. The molecular formula is C23H30O6. The number of unbranched alkanes of at least 4 members (excludes halogenated alkanes) is 1. The molecule has 0 aliphatic carbocycles. The second kappa shape index (κ2) is 12.7. The Balaban J connectivity index is 1.64. The fraction of sp³-hybridized carbons (Fsp3) is 0.435. The second-order valence-electron chi connectivity index (χ2n) is 6.63. The lowest BCUT2D eigenvalue weighted by atomic mass is 10.1. The van der Waals surface area contributed by atoms with Crippen molar-refractivity contribution in [1.29, 1.82) is 0 Å². The molecule has 0 saturated heterocycles. The first-order valence-corrected chi connectivity index (χ1v) is 9.95. The second-order valence-corrected chi connectivity index (χ2v) is 6.63. The van der Waals surface area contributed by atoms with Crippen LogP contribution in [0.5, 0.6) is 17.2 Å². The van der Waals surface area contributed by atoms with Crippen LogP contribution in [0.15, 0.2) is 48.5 Å². The van der Waals surface area contributed by atoms with E-state index in [-0.39, 0.29) is 0 Å². The Morgan fingerprint density at radius 3 is 1.69 bits per heavy atom. The average Bonchev–Trinajstić information content (AvgIpc) is 2.74. The molecule has 0 fully saturated rings. The Morgan fingerprint density at radius 2 is 1.28 bits per heavy atom. The number of carboxylic acid groups (broad SMARTS) is 1. The standard InChI is InChI=1S/C23H30O6/c1-3-4-14-27-20-10-12-21(13-11-20)29-16-5-15-28-19-8-6-18(7-9-19)17-22(26-2)23(24)25/h6-13,22H,3-5,14-17H2,1-2H3,(H,24,25)/t22-/m0/s1. The largest absolute Gasteiger partial charge is 0.494 e. The normalized spacial score (nSPS) is 11.7. The third kappa shape index (κ3) is 8.44. The summed E-state index contributed by atoms with van der Waals surface area (Å²) in [4.78, 5) is 11.0. The van der Waals surface area contributed by atoms with Crippen molar-refractivity contribution < 1.29 is 28.8 Å². The summed E-state index contributed by atoms with van der Waals surface area (Å²) in [5.74, 6) is 1.44. The van der Waals surface area contributed by atoms with Gasteiger partial charge in [-0.05, 0) is 48.4 Å². The first kappa shape index (κ1) is 22.6. The summed E-state index contributed by atoms with van der Waals surface area (Å²) in [6, 6.07) is 15.0. The van der Waals surface area contributed by atoms with Gasteiger partial charge >= 0.3 is 5.97 Å². The number of hydrogen-bond donors (Lipinski definition) is 1. The van der Waals surface area contributed by atoms with Crippen LogP contribution in [-0.2, 0) is 16.0 Å². The lowest BCUT2D eigenvalue weighted by Gasteiger charge is -2.11. The molecule has 0 radical (unpaired) electrons. The highest BCUT2D eigenvalue weighted by Gasteiger charge is 2.16. The van der Waals surface area contributed by atoms with Crippen LogP contribution in [-0.4, -0.2) is 44.1 Å². The van der Waals surface area contributed by atoms with Crippen LogP contribution in [0.2, 0.25) is 0 Å². The fourth-order valence-corrected chi connectivity index (χ4v) is 2.61. The summed E-state index contributed by atoms with van der Waals surface area (Å²) in [7, 11) is 1.40. The van der Waals surface area contributed by atoms with E-state index in [1.54, 1.807) is 0 Å². The first-order chi connectivity index (χ1) is 14.1. The highest BCUT2D eigenvalue weighted by atomic mass is 16.5. The molecule has 0 saturated carbocycles. The van der Waals surface area contributed by atoms with Gasteiger partial charge in [-0.1, -0.05) is 25.5 Å². The van der Waals surface area contributed by atoms with Gasteiger partial charge in [-0.3, -0.25) is 0 Å². The maximum absolute atomic E-state index is 11.0. The maximum atomic E-state index is 11.0. The summed E-state index contributed by atoms with van der Waals surface area (Å²) in [5, 5.41) is 9.03. The number of benzene rings is 2. The molecule has 2 aromatic rings. The van der Waals surface area contributed by atoms with Crippen LogP contribution >= 0.6 is 0 Å². The summed E-state index contributed by atoms with van der Waals surface area (Å²) in [6.45, 7) is 3.97. The van der Waals surface area contributed by atoms with Gasteiger partial charge in [0.15, 0.2) is 6.10 Å². The van der Waals surface area contributed by atoms with E-state index in [0.29, 0.717) is 19.6 Å². The number of methoxy groups -OCH3 is 1. The minimum absolute atomic E-state index is 0.322. The van der Waals surface area contributed by atoms with Crippen LogP contribution in [0.25, 0.3) is 0 Å². The van der Waals surface area contributed by atoms with Crippen molar-refractivity contribution >= 4 is 5.97 Å². The Kier molecular flexibility index (Phi) is 9.86. The average molecular weight is 402 g/mol. The van der Waals surface area contributed by atoms with Gasteiger partial charge in [0.25, 0.3) is 0 Å². The Morgan fingerprint density at radius 1 is 0.828 bits per heavy atom. The van der Waals surface area contributed by atoms with Crippen molar-refractivity contribution in [3.05, 3.63) is 54.1 Å². The Hall–Kier alpha value is -2.73. The van der Waals surface area contributed by atoms with E-state index >= 15 is 0 Å². The molecule has 0 aliphatic heterocycles. The van der Waals surface area contributed by atoms with E-state index in [2.05, 4.69) is 6.92 Å². The highest BCUT2D eigenvalue weighted by molar-refractivity contribution is 5.72. The molecule has 2 rings (SSSR count). The SMILES string of the molecule is CCCCOc1ccc(OCCCOc2ccc(C[C@H](OC)C(=O)O)cc2)cc1. The predicted octanol–water partition coefficient (Wildman–Crippen LogP) is 4.36. The summed E-state index contributed by atoms with van der Waals surface area (Å²) in [5.41, 5.74) is 0.886. The molecule has 6 nitrogen and oxygen atoms in total. The Labute approximate surface area is 172 Å². The maximum Gasteiger partial charge on any atom is 0.333 e. The summed E-state index contributed by atoms with van der Waals surface area (Å²) in [6.07, 6.45) is 2.41. The molecular weight excluding hydrogens is 372 g/mol. The third-order valence-electron chi connectivity index (χ3n) is 4.32. The summed E-state index contributed by atoms with van der Waals surface area (Å²) >= 11 is 0. The van der Waals surface area contributed by atoms with E-state index < -0.39 is 12.1 Å². The van der Waals surface area contributed by atoms with Gasteiger partial charge in [-0.2, -0.15) is 0 Å². The van der Waals surface area contributed by atoms with E-state index in [9.17, 15) is 4.79 Å². The quantitative estimate of drug-likeness (QED) is 0.474. The van der Waals surface area contributed by atoms with E-state index in [4.69, 9.17) is 24.1 Å². The minimum Gasteiger partial charge on any atom is -0.494 e. The highest BCUT2D eigenvalue weighted by Crippen LogP contribution is 2.18. The molecule has 1 atom stereocenters. The number of rotatable bonds is 14. The van der Waals surface area contributed by atoms with E-state index in [0.717, 1.165) is 48.7 Å². The van der Waals surface area contributed by atoms with Gasteiger partial charge in [-0.15, -0.1) is 0 Å². The van der Waals surface area contributed by atoms with Crippen molar-refractivity contribution in [1.82, 2.24) is 0 Å². The van der Waals surface area contributed by atoms with Gasteiger partial charge < -0.3 is 24.1 Å². The van der Waals surface area contributed by atoms with Gasteiger partial charge in [0.1, 0.15) is 17.2 Å². The zero-order valence-corrected chi connectivity index (χ0v) is 17.1. The van der Waals surface area contributed by atoms with Crippen LogP contribution in [0.4, 0.5) is 0 Å². The Bertz CT molecular complexity index is 711. The van der Waals surface area contributed by atoms with Crippen molar-refractivity contribution in [3.8, 4) is 17.2 Å². The number of aliphatic carboxylic acids is 1. The fourth-order valence-electron chi connectivity index (χ4n) is 2.61. The van der Waals surface area contributed by atoms with Crippen molar-refractivity contribution in [2.45, 2.75) is 38.7 Å². The molecule has 0 spiro atoms. The molecule has 0 heterocycles. The zero-order valence-electron chi connectivity index (χ0n) is 17.1. The molecule has 158 valence electrons. The number of carbonyl (C=O) groups is 1. The van der Waals surface area contributed by atoms with Crippen molar-refractivity contribution in [2.75, 3.05) is 26.9 Å². The molecule has 29 heavy (non-hydrogen) atoms. The summed E-state index contributed by atoms with van der Waals surface area (Å²) < 4.78 is 22.0. The van der Waals surface area contributed by atoms with Gasteiger partial charge in [-0.25, -0.2) is 4.79 Å². The molecule has 0 aromatic heterocycles. The van der Waals surface area contributed by atoms with Gasteiger partial charge in [0.05, 0.1) is 19.8 Å². The van der Waals surface area contributed by atoms with E-state index in [1.807, 2.05) is 48.5 Å². The molecule has 2 aromatic carbocycles. The van der Waals surface area contributed by atoms with Gasteiger partial charge in [0.2, 0.25) is 0 Å². The molecule has 0 aliphatic rings. The topological polar surface area (TPSA) is 74.2 Å². The lowest BCUT2D eigenvalue weighted by molar-refractivity contribution is -0.148. The van der Waals surface area contributed by atoms with Crippen LogP contribution in [0.1, 0.15) is 31.7 Å². The van der Waals surface area contributed by atoms with Crippen LogP contribution in [0, 0.1) is 0 Å². The van der Waals surface area contributed by atoms with Crippen molar-refractivity contribution in [2.24, 2.45) is 0 Å². The zero-order chi connectivity index (χ0) is 20.9. The van der Waals surface area contributed by atoms with Crippen LogP contribution in [0.3, 0.4) is 0 Å². The number of hydrogen-bond acceptors (Lipinski definition) is 5. The first-order valence-electron chi connectivity index (χ1n) is 9.95. The lowest BCUT2D eigenvalue weighted by Crippen LogP contribution is -2.24. The van der Waals surface area contributed by atoms with Gasteiger partial charge in [0, 0.05) is 20.0 Å². The molecule has 0 amide bonds. The minimum atomic E-state index is -0.966. The van der Waals surface area contributed by atoms with E-state index in [1.165, 1.54) is 7.11 Å². The monoisotopic (exact) mass is 402 g/mol. The molecule has 0 bridgehead atoms.